The molecule has 1 saturated heterocycles. The summed E-state index contributed by atoms with van der Waals surface area (Å²) in [6, 6.07) is 0.286. The lowest BCUT2D eigenvalue weighted by atomic mass is 10.2. The lowest BCUT2D eigenvalue weighted by Gasteiger charge is -2.27. The molecule has 1 rings (SSSR count). The average molecular weight is 146 g/mol. The Labute approximate surface area is 59.4 Å². The molecule has 0 bridgehead atoms. The minimum Gasteiger partial charge on any atom is -0.374 e. The SMILES string of the molecule is C[C@H]1C[C@@H](O)NC(=S)N1. The van der Waals surface area contributed by atoms with Crippen molar-refractivity contribution in [2.75, 3.05) is 0 Å². The van der Waals surface area contributed by atoms with Crippen molar-refractivity contribution in [2.24, 2.45) is 0 Å². The highest BCUT2D eigenvalue weighted by Crippen LogP contribution is 1.99. The maximum Gasteiger partial charge on any atom is 0.168 e. The van der Waals surface area contributed by atoms with Crippen LogP contribution < -0.4 is 10.6 Å². The van der Waals surface area contributed by atoms with E-state index in [1.54, 1.807) is 0 Å². The first-order chi connectivity index (χ1) is 4.18. The van der Waals surface area contributed by atoms with Gasteiger partial charge in [0.2, 0.25) is 0 Å². The van der Waals surface area contributed by atoms with E-state index in [-0.39, 0.29) is 6.04 Å². The summed E-state index contributed by atoms with van der Waals surface area (Å²) < 4.78 is 0. The molecule has 4 heteroatoms. The van der Waals surface area contributed by atoms with Crippen LogP contribution in [0, 0.1) is 0 Å². The first-order valence-corrected chi connectivity index (χ1v) is 3.34. The van der Waals surface area contributed by atoms with Gasteiger partial charge < -0.3 is 15.7 Å². The zero-order chi connectivity index (χ0) is 6.85. The van der Waals surface area contributed by atoms with E-state index in [0.29, 0.717) is 11.5 Å². The molecule has 0 aromatic rings. The van der Waals surface area contributed by atoms with Gasteiger partial charge >= 0.3 is 0 Å². The van der Waals surface area contributed by atoms with Crippen molar-refractivity contribution in [3.8, 4) is 0 Å². The Balaban J connectivity index is 2.43. The van der Waals surface area contributed by atoms with Gasteiger partial charge in [0.25, 0.3) is 0 Å². The molecule has 2 atom stereocenters. The van der Waals surface area contributed by atoms with Crippen LogP contribution in [0.5, 0.6) is 0 Å². The summed E-state index contributed by atoms with van der Waals surface area (Å²) in [5.74, 6) is 0. The molecule has 1 aliphatic rings. The molecule has 1 aliphatic heterocycles. The van der Waals surface area contributed by atoms with Crippen LogP contribution in [0.15, 0.2) is 0 Å². The molecule has 1 fully saturated rings. The fourth-order valence-corrected chi connectivity index (χ4v) is 1.21. The maximum absolute atomic E-state index is 9.01. The molecule has 0 aliphatic carbocycles. The second-order valence-corrected chi connectivity index (χ2v) is 2.68. The zero-order valence-corrected chi connectivity index (χ0v) is 6.03. The molecule has 0 saturated carbocycles. The highest BCUT2D eigenvalue weighted by Gasteiger charge is 2.17. The number of aliphatic hydroxyl groups excluding tert-OH is 1. The van der Waals surface area contributed by atoms with Crippen LogP contribution in [0.1, 0.15) is 13.3 Å². The van der Waals surface area contributed by atoms with Crippen LogP contribution in [0.25, 0.3) is 0 Å². The number of aliphatic hydroxyl groups is 1. The third kappa shape index (κ3) is 1.80. The summed E-state index contributed by atoms with van der Waals surface area (Å²) in [6.07, 6.45) is 0.244. The first-order valence-electron chi connectivity index (χ1n) is 2.93. The van der Waals surface area contributed by atoms with Gasteiger partial charge in [0.05, 0.1) is 0 Å². The molecular weight excluding hydrogens is 136 g/mol. The highest BCUT2D eigenvalue weighted by atomic mass is 32.1. The van der Waals surface area contributed by atoms with Gasteiger partial charge in [0, 0.05) is 12.5 Å². The summed E-state index contributed by atoms with van der Waals surface area (Å²) in [7, 11) is 0. The van der Waals surface area contributed by atoms with Crippen molar-refractivity contribution in [1.29, 1.82) is 0 Å². The van der Waals surface area contributed by atoms with Gasteiger partial charge in [-0.25, -0.2) is 0 Å². The van der Waals surface area contributed by atoms with Gasteiger partial charge in [-0.2, -0.15) is 0 Å². The number of hydrogen-bond acceptors (Lipinski definition) is 2. The van der Waals surface area contributed by atoms with Gasteiger partial charge in [0.15, 0.2) is 5.11 Å². The largest absolute Gasteiger partial charge is 0.374 e. The predicted octanol–water partition coefficient (Wildman–Crippen LogP) is -0.439. The topological polar surface area (TPSA) is 44.3 Å². The Kier molecular flexibility index (Phi) is 1.87. The van der Waals surface area contributed by atoms with Gasteiger partial charge in [-0.15, -0.1) is 0 Å². The van der Waals surface area contributed by atoms with Crippen LogP contribution in [0.4, 0.5) is 0 Å². The zero-order valence-electron chi connectivity index (χ0n) is 5.22. The minimum absolute atomic E-state index is 0.286. The number of rotatable bonds is 0. The van der Waals surface area contributed by atoms with Crippen molar-refractivity contribution < 1.29 is 5.11 Å². The number of thiocarbonyl (C=S) groups is 1. The molecule has 0 radical (unpaired) electrons. The van der Waals surface area contributed by atoms with E-state index in [1.807, 2.05) is 6.92 Å². The van der Waals surface area contributed by atoms with Crippen molar-refractivity contribution >= 4 is 17.3 Å². The molecule has 0 unspecified atom stereocenters. The second-order valence-electron chi connectivity index (χ2n) is 2.27. The van der Waals surface area contributed by atoms with Crippen LogP contribution in [-0.4, -0.2) is 22.5 Å². The molecule has 0 aromatic heterocycles. The molecular formula is C5H10N2OS. The molecule has 9 heavy (non-hydrogen) atoms. The highest BCUT2D eigenvalue weighted by molar-refractivity contribution is 7.80. The lowest BCUT2D eigenvalue weighted by molar-refractivity contribution is 0.129. The van der Waals surface area contributed by atoms with E-state index >= 15 is 0 Å². The van der Waals surface area contributed by atoms with Gasteiger partial charge in [-0.3, -0.25) is 0 Å². The van der Waals surface area contributed by atoms with Crippen molar-refractivity contribution in [2.45, 2.75) is 25.6 Å². The van der Waals surface area contributed by atoms with Crippen LogP contribution in [-0.2, 0) is 0 Å². The summed E-state index contributed by atoms with van der Waals surface area (Å²) >= 11 is 4.78. The van der Waals surface area contributed by atoms with E-state index in [1.165, 1.54) is 0 Å². The maximum atomic E-state index is 9.01. The Bertz CT molecular complexity index is 116. The van der Waals surface area contributed by atoms with E-state index < -0.39 is 6.23 Å². The van der Waals surface area contributed by atoms with Crippen molar-refractivity contribution in [3.05, 3.63) is 0 Å². The van der Waals surface area contributed by atoms with Gasteiger partial charge in [0.1, 0.15) is 6.23 Å². The van der Waals surface area contributed by atoms with E-state index in [0.717, 1.165) is 0 Å². The van der Waals surface area contributed by atoms with Crippen LogP contribution in [0.3, 0.4) is 0 Å². The molecule has 0 aromatic carbocycles. The monoisotopic (exact) mass is 146 g/mol. The molecule has 3 N–H and O–H groups in total. The third-order valence-electron chi connectivity index (χ3n) is 1.25. The summed E-state index contributed by atoms with van der Waals surface area (Å²) in [5.41, 5.74) is 0. The Morgan fingerprint density at radius 1 is 1.67 bits per heavy atom. The summed E-state index contributed by atoms with van der Waals surface area (Å²) in [6.45, 7) is 1.98. The molecule has 0 amide bonds. The first kappa shape index (κ1) is 6.77. The normalized spacial score (nSPS) is 35.1. The number of nitrogens with one attached hydrogen (secondary N) is 2. The fraction of sp³-hybridized carbons (Fsp3) is 0.800. The fourth-order valence-electron chi connectivity index (χ4n) is 0.870. The quantitative estimate of drug-likeness (QED) is 0.405. The van der Waals surface area contributed by atoms with Crippen molar-refractivity contribution in [1.82, 2.24) is 10.6 Å². The molecule has 3 nitrogen and oxygen atoms in total. The molecule has 0 spiro atoms. The van der Waals surface area contributed by atoms with Crippen molar-refractivity contribution in [3.63, 3.8) is 0 Å². The third-order valence-corrected chi connectivity index (χ3v) is 1.49. The van der Waals surface area contributed by atoms with Gasteiger partial charge in [-0.1, -0.05) is 0 Å². The second kappa shape index (κ2) is 2.49. The standard InChI is InChI=1S/C5H10N2OS/c1-3-2-4(8)7-5(9)6-3/h3-4,8H,2H2,1H3,(H2,6,7,9)/t3-,4+/m0/s1. The summed E-state index contributed by atoms with van der Waals surface area (Å²) in [4.78, 5) is 0. The van der Waals surface area contributed by atoms with E-state index in [4.69, 9.17) is 17.3 Å². The van der Waals surface area contributed by atoms with Crippen LogP contribution in [0.2, 0.25) is 0 Å². The molecule has 1 heterocycles. The number of hydrogen-bond donors (Lipinski definition) is 3. The molecule has 52 valence electrons. The smallest absolute Gasteiger partial charge is 0.168 e. The summed E-state index contributed by atoms with van der Waals surface area (Å²) in [5, 5.41) is 15.2. The Morgan fingerprint density at radius 3 is 2.78 bits per heavy atom. The van der Waals surface area contributed by atoms with E-state index in [9.17, 15) is 0 Å². The minimum atomic E-state index is -0.464. The van der Waals surface area contributed by atoms with Crippen LogP contribution >= 0.6 is 12.2 Å². The van der Waals surface area contributed by atoms with Gasteiger partial charge in [-0.05, 0) is 19.1 Å². The lowest BCUT2D eigenvalue weighted by Crippen LogP contribution is -2.53. The predicted molar refractivity (Wildman–Crippen MR) is 39.0 cm³/mol. The Hall–Kier alpha value is -0.350. The van der Waals surface area contributed by atoms with E-state index in [2.05, 4.69) is 10.6 Å². The Morgan fingerprint density at radius 2 is 2.33 bits per heavy atom. The average Bonchev–Trinajstić information content (AvgIpc) is 1.59.